The number of carbonyl (C=O) groups is 1. The molecule has 1 aromatic carbocycles. The molecular weight excluding hydrogens is 276 g/mol. The summed E-state index contributed by atoms with van der Waals surface area (Å²) in [6.45, 7) is 6.60. The van der Waals surface area contributed by atoms with Gasteiger partial charge in [0.25, 0.3) is 0 Å². The highest BCUT2D eigenvalue weighted by atomic mass is 19.1. The summed E-state index contributed by atoms with van der Waals surface area (Å²) in [5.74, 6) is -1.60. The van der Waals surface area contributed by atoms with E-state index in [0.717, 1.165) is 6.54 Å². The molecule has 0 aliphatic heterocycles. The van der Waals surface area contributed by atoms with E-state index in [-0.39, 0.29) is 24.2 Å². The number of halogens is 2. The van der Waals surface area contributed by atoms with Crippen molar-refractivity contribution in [3.63, 3.8) is 0 Å². The number of likely N-dealkylation sites (N-methyl/N-ethyl adjacent to an activating group) is 1. The molecule has 1 aromatic rings. The lowest BCUT2D eigenvalue weighted by molar-refractivity contribution is -0.120. The molecule has 2 N–H and O–H groups in total. The van der Waals surface area contributed by atoms with Crippen molar-refractivity contribution in [2.24, 2.45) is 0 Å². The van der Waals surface area contributed by atoms with Crippen LogP contribution in [0.3, 0.4) is 0 Å². The van der Waals surface area contributed by atoms with E-state index in [2.05, 4.69) is 10.6 Å². The molecule has 0 saturated heterocycles. The molecule has 0 saturated carbocycles. The zero-order valence-corrected chi connectivity index (χ0v) is 13.0. The molecule has 6 heteroatoms. The number of hydrogen-bond acceptors (Lipinski definition) is 3. The van der Waals surface area contributed by atoms with Gasteiger partial charge in [0.15, 0.2) is 0 Å². The van der Waals surface area contributed by atoms with Crippen LogP contribution in [0.25, 0.3) is 0 Å². The lowest BCUT2D eigenvalue weighted by Crippen LogP contribution is -2.39. The lowest BCUT2D eigenvalue weighted by Gasteiger charge is -2.21. The Bertz CT molecular complexity index is 469. The zero-order chi connectivity index (χ0) is 16.0. The fraction of sp³-hybridized carbons (Fsp3) is 0.533. The van der Waals surface area contributed by atoms with Crippen molar-refractivity contribution in [1.82, 2.24) is 10.6 Å². The van der Waals surface area contributed by atoms with E-state index in [1.807, 2.05) is 20.8 Å². The van der Waals surface area contributed by atoms with Gasteiger partial charge in [-0.2, -0.15) is 0 Å². The first-order valence-electron chi connectivity index (χ1n) is 7.04. The van der Waals surface area contributed by atoms with Gasteiger partial charge in [0.1, 0.15) is 17.3 Å². The Kier molecular flexibility index (Phi) is 6.55. The van der Waals surface area contributed by atoms with Gasteiger partial charge in [-0.05, 0) is 38.1 Å². The van der Waals surface area contributed by atoms with Crippen molar-refractivity contribution in [1.29, 1.82) is 0 Å². The average molecular weight is 299 g/mol. The fourth-order valence-corrected chi connectivity index (χ4v) is 2.02. The summed E-state index contributed by atoms with van der Waals surface area (Å²) < 4.78 is 28.1. The first kappa shape index (κ1) is 17.4. The smallest absolute Gasteiger partial charge is 0.239 e. The summed E-state index contributed by atoms with van der Waals surface area (Å²) in [5.41, 5.74) is 0.352. The molecule has 0 radical (unpaired) electrons. The molecule has 0 heterocycles. The Labute approximate surface area is 124 Å². The third-order valence-corrected chi connectivity index (χ3v) is 2.87. The number of carbonyl (C=O) groups excluding carboxylic acids is 1. The largest absolute Gasteiger partial charge is 0.361 e. The van der Waals surface area contributed by atoms with Crippen molar-refractivity contribution in [2.45, 2.75) is 33.4 Å². The Hall–Kier alpha value is -1.69. The van der Waals surface area contributed by atoms with E-state index >= 15 is 0 Å². The molecule has 0 bridgehead atoms. The maximum absolute atomic E-state index is 14.1. The highest BCUT2D eigenvalue weighted by Crippen LogP contribution is 2.24. The molecule has 21 heavy (non-hydrogen) atoms. The molecule has 0 atom stereocenters. The number of rotatable bonds is 7. The second-order valence-electron chi connectivity index (χ2n) is 5.27. The van der Waals surface area contributed by atoms with Gasteiger partial charge in [-0.15, -0.1) is 0 Å². The summed E-state index contributed by atoms with van der Waals surface area (Å²) in [4.78, 5) is 12.9. The van der Waals surface area contributed by atoms with Crippen molar-refractivity contribution < 1.29 is 13.6 Å². The first-order chi connectivity index (χ1) is 9.85. The third-order valence-electron chi connectivity index (χ3n) is 2.87. The second kappa shape index (κ2) is 7.93. The zero-order valence-electron chi connectivity index (χ0n) is 13.0. The summed E-state index contributed by atoms with van der Waals surface area (Å²) in [5, 5.41) is 5.70. The number of benzene rings is 1. The van der Waals surface area contributed by atoms with Gasteiger partial charge < -0.3 is 15.5 Å². The highest BCUT2D eigenvalue weighted by Gasteiger charge is 2.17. The molecule has 4 nitrogen and oxygen atoms in total. The fourth-order valence-electron chi connectivity index (χ4n) is 2.02. The number of nitrogens with zero attached hydrogens (tertiary/aromatic N) is 1. The van der Waals surface area contributed by atoms with Crippen molar-refractivity contribution >= 4 is 11.6 Å². The van der Waals surface area contributed by atoms with E-state index in [4.69, 9.17) is 0 Å². The van der Waals surface area contributed by atoms with E-state index in [1.165, 1.54) is 24.1 Å². The lowest BCUT2D eigenvalue weighted by atomic mass is 10.1. The van der Waals surface area contributed by atoms with Crippen molar-refractivity contribution in [3.05, 3.63) is 29.3 Å². The summed E-state index contributed by atoms with van der Waals surface area (Å²) in [7, 11) is 1.49. The van der Waals surface area contributed by atoms with Gasteiger partial charge in [-0.25, -0.2) is 8.78 Å². The normalized spacial score (nSPS) is 10.8. The minimum Gasteiger partial charge on any atom is -0.361 e. The number of anilines is 1. The quantitative estimate of drug-likeness (QED) is 0.810. The number of amides is 1. The number of nitrogens with one attached hydrogen (secondary N) is 2. The standard InChI is InChI=1S/C15H23F2N3O/c1-5-18-8-11-6-12(16)15(13(17)7-11)20(4)9-14(21)19-10(2)3/h6-7,10,18H,5,8-9H2,1-4H3,(H,19,21). The molecule has 118 valence electrons. The Balaban J connectivity index is 2.84. The van der Waals surface area contributed by atoms with Crippen LogP contribution in [-0.4, -0.2) is 32.1 Å². The first-order valence-corrected chi connectivity index (χ1v) is 7.04. The van der Waals surface area contributed by atoms with Crippen LogP contribution in [0.15, 0.2) is 12.1 Å². The maximum Gasteiger partial charge on any atom is 0.239 e. The van der Waals surface area contributed by atoms with E-state index in [1.54, 1.807) is 0 Å². The van der Waals surface area contributed by atoms with E-state index < -0.39 is 11.6 Å². The summed E-state index contributed by atoms with van der Waals surface area (Å²) in [6.07, 6.45) is 0. The maximum atomic E-state index is 14.1. The van der Waals surface area contributed by atoms with Crippen LogP contribution >= 0.6 is 0 Å². The molecule has 1 rings (SSSR count). The molecule has 0 aliphatic carbocycles. The molecule has 0 aliphatic rings. The van der Waals surface area contributed by atoms with E-state index in [9.17, 15) is 13.6 Å². The van der Waals surface area contributed by atoms with Crippen LogP contribution in [-0.2, 0) is 11.3 Å². The molecule has 0 unspecified atom stereocenters. The van der Waals surface area contributed by atoms with Gasteiger partial charge in [-0.1, -0.05) is 6.92 Å². The topological polar surface area (TPSA) is 44.4 Å². The molecule has 0 fully saturated rings. The van der Waals surface area contributed by atoms with Gasteiger partial charge in [0, 0.05) is 19.6 Å². The number of hydrogen-bond donors (Lipinski definition) is 2. The minimum absolute atomic E-state index is 0.0110. The molecule has 0 spiro atoms. The van der Waals surface area contributed by atoms with Gasteiger partial charge in [0.05, 0.1) is 6.54 Å². The van der Waals surface area contributed by atoms with Crippen LogP contribution < -0.4 is 15.5 Å². The summed E-state index contributed by atoms with van der Waals surface area (Å²) in [6, 6.07) is 2.57. The second-order valence-corrected chi connectivity index (χ2v) is 5.27. The van der Waals surface area contributed by atoms with Crippen molar-refractivity contribution in [2.75, 3.05) is 25.0 Å². The van der Waals surface area contributed by atoms with E-state index in [0.29, 0.717) is 12.1 Å². The van der Waals surface area contributed by atoms with Crippen LogP contribution in [0, 0.1) is 11.6 Å². The Morgan fingerprint density at radius 2 is 1.86 bits per heavy atom. The van der Waals surface area contributed by atoms with Crippen LogP contribution in [0.4, 0.5) is 14.5 Å². The van der Waals surface area contributed by atoms with Crippen LogP contribution in [0.5, 0.6) is 0 Å². The van der Waals surface area contributed by atoms with Gasteiger partial charge in [0.2, 0.25) is 5.91 Å². The Morgan fingerprint density at radius 3 is 2.33 bits per heavy atom. The Morgan fingerprint density at radius 1 is 1.29 bits per heavy atom. The molecule has 1 amide bonds. The minimum atomic E-state index is -0.664. The molecular formula is C15H23F2N3O. The monoisotopic (exact) mass is 299 g/mol. The van der Waals surface area contributed by atoms with Gasteiger partial charge in [-0.3, -0.25) is 4.79 Å². The SMILES string of the molecule is CCNCc1cc(F)c(N(C)CC(=O)NC(C)C)c(F)c1. The highest BCUT2D eigenvalue weighted by molar-refractivity contribution is 5.81. The molecule has 0 aromatic heterocycles. The predicted octanol–water partition coefficient (Wildman–Crippen LogP) is 2.04. The third kappa shape index (κ3) is 5.30. The van der Waals surface area contributed by atoms with Crippen LogP contribution in [0.2, 0.25) is 0 Å². The summed E-state index contributed by atoms with van der Waals surface area (Å²) >= 11 is 0. The van der Waals surface area contributed by atoms with Crippen LogP contribution in [0.1, 0.15) is 26.3 Å². The predicted molar refractivity (Wildman–Crippen MR) is 80.3 cm³/mol. The van der Waals surface area contributed by atoms with Crippen molar-refractivity contribution in [3.8, 4) is 0 Å². The van der Waals surface area contributed by atoms with Gasteiger partial charge >= 0.3 is 0 Å². The average Bonchev–Trinajstić information content (AvgIpc) is 2.34.